The molecule has 0 saturated carbocycles. The molecule has 0 spiro atoms. The third-order valence-electron chi connectivity index (χ3n) is 4.65. The highest BCUT2D eigenvalue weighted by atomic mass is 16.5. The molecule has 0 heterocycles. The van der Waals surface area contributed by atoms with E-state index in [4.69, 9.17) is 18.9 Å². The zero-order chi connectivity index (χ0) is 21.2. The molecule has 2 N–H and O–H groups in total. The van der Waals surface area contributed by atoms with Crippen LogP contribution in [0.1, 0.15) is 16.7 Å². The van der Waals surface area contributed by atoms with Gasteiger partial charge in [-0.2, -0.15) is 0 Å². The molecule has 0 unspecified atom stereocenters. The van der Waals surface area contributed by atoms with Gasteiger partial charge in [0.25, 0.3) is 0 Å². The van der Waals surface area contributed by atoms with E-state index >= 15 is 0 Å². The number of hydrogen-bond donors (Lipinski definition) is 2. The molecule has 0 aliphatic carbocycles. The molecule has 0 fully saturated rings. The summed E-state index contributed by atoms with van der Waals surface area (Å²) in [6.07, 6.45) is 0.854. The van der Waals surface area contributed by atoms with E-state index in [1.54, 1.807) is 35.5 Å². The van der Waals surface area contributed by atoms with Crippen molar-refractivity contribution in [2.45, 2.75) is 19.9 Å². The minimum atomic E-state index is 0.494. The molecule has 7 nitrogen and oxygen atoms in total. The van der Waals surface area contributed by atoms with E-state index in [0.717, 1.165) is 29.8 Å². The van der Waals surface area contributed by atoms with Crippen molar-refractivity contribution < 1.29 is 18.9 Å². The molecule has 158 valence electrons. The molecular weight excluding hydrogens is 370 g/mol. The van der Waals surface area contributed by atoms with Gasteiger partial charge in [-0.05, 0) is 30.5 Å². The minimum Gasteiger partial charge on any atom is -0.496 e. The van der Waals surface area contributed by atoms with Crippen LogP contribution in [-0.4, -0.2) is 48.0 Å². The van der Waals surface area contributed by atoms with Gasteiger partial charge < -0.3 is 29.6 Å². The monoisotopic (exact) mass is 401 g/mol. The van der Waals surface area contributed by atoms with Crippen LogP contribution in [0.15, 0.2) is 35.3 Å². The lowest BCUT2D eigenvalue weighted by Crippen LogP contribution is -2.38. The smallest absolute Gasteiger partial charge is 0.191 e. The van der Waals surface area contributed by atoms with Gasteiger partial charge in [-0.3, -0.25) is 4.99 Å². The van der Waals surface area contributed by atoms with E-state index in [-0.39, 0.29) is 0 Å². The molecule has 7 heteroatoms. The Labute approximate surface area is 173 Å². The summed E-state index contributed by atoms with van der Waals surface area (Å²) in [5.74, 6) is 3.66. The van der Waals surface area contributed by atoms with Gasteiger partial charge >= 0.3 is 0 Å². The molecule has 2 rings (SSSR count). The Kier molecular flexibility index (Phi) is 8.45. The van der Waals surface area contributed by atoms with Crippen LogP contribution in [0.2, 0.25) is 0 Å². The third-order valence-corrected chi connectivity index (χ3v) is 4.65. The summed E-state index contributed by atoms with van der Waals surface area (Å²) in [5, 5.41) is 6.63. The molecule has 0 atom stereocenters. The van der Waals surface area contributed by atoms with Crippen LogP contribution in [-0.2, 0) is 13.0 Å². The minimum absolute atomic E-state index is 0.494. The number of aliphatic imine (C=N–C) groups is 1. The van der Waals surface area contributed by atoms with E-state index < -0.39 is 0 Å². The summed E-state index contributed by atoms with van der Waals surface area (Å²) >= 11 is 0. The summed E-state index contributed by atoms with van der Waals surface area (Å²) in [6.45, 7) is 3.27. The van der Waals surface area contributed by atoms with Crippen molar-refractivity contribution in [3.63, 3.8) is 0 Å². The van der Waals surface area contributed by atoms with Crippen molar-refractivity contribution >= 4 is 5.96 Å². The van der Waals surface area contributed by atoms with Crippen LogP contribution in [0.4, 0.5) is 0 Å². The number of methoxy groups -OCH3 is 4. The van der Waals surface area contributed by atoms with Gasteiger partial charge in [-0.25, -0.2) is 0 Å². The SMILES string of the molecule is CN=C(NCCc1ccc(C)c(OC)c1)NCc1c(OC)cc(OC)cc1OC. The maximum absolute atomic E-state index is 5.49. The van der Waals surface area contributed by atoms with Gasteiger partial charge in [-0.15, -0.1) is 0 Å². The van der Waals surface area contributed by atoms with Crippen molar-refractivity contribution in [1.82, 2.24) is 10.6 Å². The van der Waals surface area contributed by atoms with Crippen molar-refractivity contribution in [2.24, 2.45) is 4.99 Å². The van der Waals surface area contributed by atoms with Gasteiger partial charge in [0, 0.05) is 25.7 Å². The van der Waals surface area contributed by atoms with Crippen LogP contribution in [0.25, 0.3) is 0 Å². The Bertz CT molecular complexity index is 812. The van der Waals surface area contributed by atoms with Crippen LogP contribution < -0.4 is 29.6 Å². The average Bonchev–Trinajstić information content (AvgIpc) is 2.76. The fourth-order valence-electron chi connectivity index (χ4n) is 2.99. The molecule has 0 amide bonds. The first kappa shape index (κ1) is 22.2. The lowest BCUT2D eigenvalue weighted by Gasteiger charge is -2.17. The van der Waals surface area contributed by atoms with Gasteiger partial charge in [0.1, 0.15) is 23.0 Å². The number of benzene rings is 2. The summed E-state index contributed by atoms with van der Waals surface area (Å²) in [7, 11) is 8.30. The van der Waals surface area contributed by atoms with Crippen molar-refractivity contribution in [3.05, 3.63) is 47.0 Å². The Morgan fingerprint density at radius 1 is 0.862 bits per heavy atom. The number of nitrogens with zero attached hydrogens (tertiary/aromatic N) is 1. The highest BCUT2D eigenvalue weighted by Gasteiger charge is 2.13. The Morgan fingerprint density at radius 2 is 1.52 bits per heavy atom. The zero-order valence-electron chi connectivity index (χ0n) is 18.1. The van der Waals surface area contributed by atoms with E-state index in [1.807, 2.05) is 19.1 Å². The number of nitrogens with one attached hydrogen (secondary N) is 2. The summed E-state index contributed by atoms with van der Waals surface area (Å²) in [4.78, 5) is 4.29. The van der Waals surface area contributed by atoms with E-state index in [0.29, 0.717) is 29.8 Å². The molecule has 0 bridgehead atoms. The standard InChI is InChI=1S/C22H31N3O4/c1-15-7-8-16(11-19(15)27-4)9-10-24-22(23-2)25-14-18-20(28-5)12-17(26-3)13-21(18)29-6/h7-8,11-13H,9-10,14H2,1-6H3,(H2,23,24,25). The highest BCUT2D eigenvalue weighted by molar-refractivity contribution is 5.79. The molecule has 0 radical (unpaired) electrons. The molecular formula is C22H31N3O4. The third kappa shape index (κ3) is 5.94. The lowest BCUT2D eigenvalue weighted by molar-refractivity contribution is 0.368. The van der Waals surface area contributed by atoms with Crippen molar-refractivity contribution in [2.75, 3.05) is 42.0 Å². The first-order valence-corrected chi connectivity index (χ1v) is 9.43. The number of aryl methyl sites for hydroxylation is 1. The first-order valence-electron chi connectivity index (χ1n) is 9.43. The second-order valence-electron chi connectivity index (χ2n) is 6.42. The second kappa shape index (κ2) is 11.0. The zero-order valence-corrected chi connectivity index (χ0v) is 18.1. The van der Waals surface area contributed by atoms with Gasteiger partial charge in [0.05, 0.1) is 40.5 Å². The van der Waals surface area contributed by atoms with Gasteiger partial charge in [0.2, 0.25) is 0 Å². The molecule has 2 aromatic rings. The van der Waals surface area contributed by atoms with Crippen LogP contribution in [0, 0.1) is 6.92 Å². The van der Waals surface area contributed by atoms with E-state index in [2.05, 4.69) is 33.8 Å². The second-order valence-corrected chi connectivity index (χ2v) is 6.42. The normalized spacial score (nSPS) is 11.0. The number of rotatable bonds is 9. The predicted octanol–water partition coefficient (Wildman–Crippen LogP) is 2.94. The molecule has 0 aliphatic heterocycles. The maximum Gasteiger partial charge on any atom is 0.191 e. The Morgan fingerprint density at radius 3 is 2.07 bits per heavy atom. The Hall–Kier alpha value is -3.09. The van der Waals surface area contributed by atoms with Gasteiger partial charge in [0.15, 0.2) is 5.96 Å². The fourth-order valence-corrected chi connectivity index (χ4v) is 2.99. The largest absolute Gasteiger partial charge is 0.496 e. The summed E-state index contributed by atoms with van der Waals surface area (Å²) < 4.78 is 21.7. The number of hydrogen-bond acceptors (Lipinski definition) is 5. The predicted molar refractivity (Wildman–Crippen MR) is 116 cm³/mol. The van der Waals surface area contributed by atoms with Crippen LogP contribution in [0.3, 0.4) is 0 Å². The summed E-state index contributed by atoms with van der Waals surface area (Å²) in [6, 6.07) is 9.92. The molecule has 0 saturated heterocycles. The fraction of sp³-hybridized carbons (Fsp3) is 0.409. The molecule has 29 heavy (non-hydrogen) atoms. The quantitative estimate of drug-likeness (QED) is 0.497. The molecule has 2 aromatic carbocycles. The molecule has 0 aliphatic rings. The number of guanidine groups is 1. The van der Waals surface area contributed by atoms with Crippen LogP contribution >= 0.6 is 0 Å². The maximum atomic E-state index is 5.49. The lowest BCUT2D eigenvalue weighted by atomic mass is 10.1. The topological polar surface area (TPSA) is 73.3 Å². The van der Waals surface area contributed by atoms with E-state index in [1.165, 1.54) is 5.56 Å². The number of ether oxygens (including phenoxy) is 4. The van der Waals surface area contributed by atoms with Gasteiger partial charge in [-0.1, -0.05) is 12.1 Å². The van der Waals surface area contributed by atoms with E-state index in [9.17, 15) is 0 Å². The van der Waals surface area contributed by atoms with Crippen molar-refractivity contribution in [3.8, 4) is 23.0 Å². The summed E-state index contributed by atoms with van der Waals surface area (Å²) in [5.41, 5.74) is 3.22. The van der Waals surface area contributed by atoms with Crippen molar-refractivity contribution in [1.29, 1.82) is 0 Å². The molecule has 0 aromatic heterocycles. The highest BCUT2D eigenvalue weighted by Crippen LogP contribution is 2.33. The first-order chi connectivity index (χ1) is 14.1. The van der Waals surface area contributed by atoms with Crippen LogP contribution in [0.5, 0.6) is 23.0 Å². The average molecular weight is 402 g/mol. The Balaban J connectivity index is 1.97.